The van der Waals surface area contributed by atoms with E-state index >= 15 is 0 Å². The molecule has 0 amide bonds. The molecule has 5 rings (SSSR count). The number of aromatic nitrogens is 4. The van der Waals surface area contributed by atoms with Gasteiger partial charge >= 0.3 is 0 Å². The number of hydrogen-bond acceptors (Lipinski definition) is 6. The highest BCUT2D eigenvalue weighted by atomic mass is 16.5. The molecule has 0 aromatic carbocycles. The number of anilines is 1. The van der Waals surface area contributed by atoms with Gasteiger partial charge in [-0.3, -0.25) is 0 Å². The van der Waals surface area contributed by atoms with Crippen molar-refractivity contribution in [1.29, 1.82) is 0 Å². The van der Waals surface area contributed by atoms with Crippen LogP contribution in [0.2, 0.25) is 0 Å². The number of imidazole rings is 1. The second kappa shape index (κ2) is 6.81. The molecule has 27 heavy (non-hydrogen) atoms. The Balaban J connectivity index is 1.48. The number of pyridine rings is 1. The van der Waals surface area contributed by atoms with Crippen molar-refractivity contribution >= 4 is 11.3 Å². The van der Waals surface area contributed by atoms with Gasteiger partial charge < -0.3 is 14.4 Å². The third kappa shape index (κ3) is 3.23. The van der Waals surface area contributed by atoms with E-state index in [1.165, 1.54) is 12.8 Å². The fourth-order valence-electron chi connectivity index (χ4n) is 3.52. The van der Waals surface area contributed by atoms with Gasteiger partial charge in [-0.15, -0.1) is 0 Å². The van der Waals surface area contributed by atoms with Gasteiger partial charge in [-0.1, -0.05) is 0 Å². The van der Waals surface area contributed by atoms with Gasteiger partial charge in [-0.25, -0.2) is 14.5 Å². The van der Waals surface area contributed by atoms with Crippen LogP contribution in [-0.2, 0) is 4.74 Å². The van der Waals surface area contributed by atoms with E-state index in [0.29, 0.717) is 5.88 Å². The van der Waals surface area contributed by atoms with E-state index < -0.39 is 0 Å². The van der Waals surface area contributed by atoms with Gasteiger partial charge in [-0.2, -0.15) is 5.10 Å². The summed E-state index contributed by atoms with van der Waals surface area (Å²) >= 11 is 0. The number of nitrogens with zero attached hydrogens (tertiary/aromatic N) is 5. The molecule has 1 saturated carbocycles. The van der Waals surface area contributed by atoms with E-state index in [2.05, 4.69) is 15.0 Å². The van der Waals surface area contributed by atoms with Crippen LogP contribution in [0.4, 0.5) is 5.69 Å². The van der Waals surface area contributed by atoms with Crippen LogP contribution in [0.5, 0.6) is 5.88 Å². The Kier molecular flexibility index (Phi) is 4.16. The lowest BCUT2D eigenvalue weighted by Crippen LogP contribution is -2.36. The van der Waals surface area contributed by atoms with Crippen LogP contribution >= 0.6 is 0 Å². The third-order valence-electron chi connectivity index (χ3n) is 5.20. The van der Waals surface area contributed by atoms with Crippen LogP contribution in [0.3, 0.4) is 0 Å². The molecule has 3 aromatic heterocycles. The van der Waals surface area contributed by atoms with E-state index in [1.807, 2.05) is 42.0 Å². The minimum atomic E-state index is 0.680. The van der Waals surface area contributed by atoms with Crippen LogP contribution < -0.4 is 9.64 Å². The van der Waals surface area contributed by atoms with Crippen molar-refractivity contribution in [2.45, 2.75) is 19.8 Å². The highest BCUT2D eigenvalue weighted by Crippen LogP contribution is 2.31. The first-order valence-corrected chi connectivity index (χ1v) is 9.56. The number of ether oxygens (including phenoxy) is 2. The summed E-state index contributed by atoms with van der Waals surface area (Å²) in [5.74, 6) is 1.40. The van der Waals surface area contributed by atoms with E-state index in [1.54, 1.807) is 0 Å². The van der Waals surface area contributed by atoms with Crippen LogP contribution in [0.25, 0.3) is 16.9 Å². The van der Waals surface area contributed by atoms with Gasteiger partial charge in [0.25, 0.3) is 0 Å². The minimum Gasteiger partial charge on any atom is -0.477 e. The molecule has 0 bridgehead atoms. The molecule has 7 heteroatoms. The molecule has 1 aliphatic heterocycles. The number of fused-ring (bicyclic) bond motifs is 1. The molecule has 1 aliphatic carbocycles. The highest BCUT2D eigenvalue weighted by Gasteiger charge is 2.22. The first-order chi connectivity index (χ1) is 13.3. The quantitative estimate of drug-likeness (QED) is 0.693. The van der Waals surface area contributed by atoms with E-state index in [9.17, 15) is 0 Å². The van der Waals surface area contributed by atoms with Crippen molar-refractivity contribution in [2.24, 2.45) is 5.92 Å². The van der Waals surface area contributed by atoms with Crippen molar-refractivity contribution in [3.05, 3.63) is 36.3 Å². The lowest BCUT2D eigenvalue weighted by Gasteiger charge is -2.28. The molecule has 2 aliphatic rings. The lowest BCUT2D eigenvalue weighted by molar-refractivity contribution is 0.123. The number of rotatable bonds is 5. The predicted octanol–water partition coefficient (Wildman–Crippen LogP) is 2.73. The molecule has 140 valence electrons. The van der Waals surface area contributed by atoms with Crippen molar-refractivity contribution in [3.8, 4) is 17.1 Å². The summed E-state index contributed by atoms with van der Waals surface area (Å²) in [5, 5.41) is 4.56. The SMILES string of the molecule is Cc1nc2c(N3CCOCC3)ccnn2c1-c1ccc(OCC2CC2)nc1. The Labute approximate surface area is 157 Å². The lowest BCUT2D eigenvalue weighted by atomic mass is 10.2. The Bertz CT molecular complexity index is 943. The largest absolute Gasteiger partial charge is 0.477 e. The Morgan fingerprint density at radius 1 is 1.19 bits per heavy atom. The second-order valence-corrected chi connectivity index (χ2v) is 7.24. The van der Waals surface area contributed by atoms with Gasteiger partial charge in [0.05, 0.1) is 43.1 Å². The van der Waals surface area contributed by atoms with Crippen LogP contribution in [0.1, 0.15) is 18.5 Å². The average Bonchev–Trinajstić information content (AvgIpc) is 3.48. The number of hydrogen-bond donors (Lipinski definition) is 0. The smallest absolute Gasteiger partial charge is 0.213 e. The van der Waals surface area contributed by atoms with Crippen molar-refractivity contribution in [3.63, 3.8) is 0 Å². The number of morpholine rings is 1. The van der Waals surface area contributed by atoms with Gasteiger partial charge in [0.15, 0.2) is 5.65 Å². The number of aryl methyl sites for hydroxylation is 1. The summed E-state index contributed by atoms with van der Waals surface area (Å²) in [6.07, 6.45) is 6.23. The van der Waals surface area contributed by atoms with Gasteiger partial charge in [0.2, 0.25) is 5.88 Å². The van der Waals surface area contributed by atoms with E-state index in [4.69, 9.17) is 14.5 Å². The maximum Gasteiger partial charge on any atom is 0.213 e. The maximum atomic E-state index is 5.75. The molecule has 2 fully saturated rings. The molecule has 0 N–H and O–H groups in total. The van der Waals surface area contributed by atoms with Crippen LogP contribution in [0, 0.1) is 12.8 Å². The molecular formula is C20H23N5O2. The average molecular weight is 365 g/mol. The van der Waals surface area contributed by atoms with Crippen molar-refractivity contribution in [1.82, 2.24) is 19.6 Å². The van der Waals surface area contributed by atoms with Crippen LogP contribution in [-0.4, -0.2) is 52.5 Å². The zero-order valence-corrected chi connectivity index (χ0v) is 15.5. The standard InChI is InChI=1S/C20H23N5O2/c1-14-19(16-4-5-18(21-12-16)27-13-15-2-3-15)25-20(23-14)17(6-7-22-25)24-8-10-26-11-9-24/h4-7,12,15H,2-3,8-11,13H2,1H3. The molecular weight excluding hydrogens is 342 g/mol. The summed E-state index contributed by atoms with van der Waals surface area (Å²) in [5.41, 5.74) is 4.88. The summed E-state index contributed by atoms with van der Waals surface area (Å²) < 4.78 is 13.1. The summed E-state index contributed by atoms with van der Waals surface area (Å²) in [6, 6.07) is 6.00. The molecule has 0 atom stereocenters. The fraction of sp³-hybridized carbons (Fsp3) is 0.450. The first-order valence-electron chi connectivity index (χ1n) is 9.56. The minimum absolute atomic E-state index is 0.680. The molecule has 1 saturated heterocycles. The van der Waals surface area contributed by atoms with Gasteiger partial charge in [0.1, 0.15) is 0 Å². The molecule has 0 spiro atoms. The van der Waals surface area contributed by atoms with E-state index in [0.717, 1.165) is 67.1 Å². The van der Waals surface area contributed by atoms with Gasteiger partial charge in [-0.05, 0) is 37.8 Å². The summed E-state index contributed by atoms with van der Waals surface area (Å²) in [6.45, 7) is 6.02. The predicted molar refractivity (Wildman–Crippen MR) is 102 cm³/mol. The second-order valence-electron chi connectivity index (χ2n) is 7.24. The Hall–Kier alpha value is -2.67. The summed E-state index contributed by atoms with van der Waals surface area (Å²) in [7, 11) is 0. The Morgan fingerprint density at radius 3 is 2.78 bits per heavy atom. The monoisotopic (exact) mass is 365 g/mol. The molecule has 4 heterocycles. The van der Waals surface area contributed by atoms with Gasteiger partial charge in [0, 0.05) is 30.9 Å². The van der Waals surface area contributed by atoms with Crippen molar-refractivity contribution in [2.75, 3.05) is 37.8 Å². The highest BCUT2D eigenvalue weighted by molar-refractivity contribution is 5.75. The normalized spacial score (nSPS) is 17.4. The third-order valence-corrected chi connectivity index (χ3v) is 5.20. The fourth-order valence-corrected chi connectivity index (χ4v) is 3.52. The van der Waals surface area contributed by atoms with Crippen molar-refractivity contribution < 1.29 is 9.47 Å². The molecule has 7 nitrogen and oxygen atoms in total. The molecule has 0 unspecified atom stereocenters. The Morgan fingerprint density at radius 2 is 2.04 bits per heavy atom. The zero-order chi connectivity index (χ0) is 18.2. The zero-order valence-electron chi connectivity index (χ0n) is 15.5. The van der Waals surface area contributed by atoms with Crippen LogP contribution in [0.15, 0.2) is 30.6 Å². The first kappa shape index (κ1) is 16.5. The summed E-state index contributed by atoms with van der Waals surface area (Å²) in [4.78, 5) is 11.6. The van der Waals surface area contributed by atoms with E-state index in [-0.39, 0.29) is 0 Å². The maximum absolute atomic E-state index is 5.75. The molecule has 3 aromatic rings. The topological polar surface area (TPSA) is 64.8 Å². The molecule has 0 radical (unpaired) electrons.